The molecule has 0 unspecified atom stereocenters. The average molecular weight is 725 g/mol. The van der Waals surface area contributed by atoms with Crippen LogP contribution >= 0.6 is 0 Å². The molecule has 8 aromatic carbocycles. The Bertz CT molecular complexity index is 2790. The van der Waals surface area contributed by atoms with Gasteiger partial charge in [-0.05, 0) is 142 Å². The summed E-state index contributed by atoms with van der Waals surface area (Å²) in [7, 11) is 0. The highest BCUT2D eigenvalue weighted by Crippen LogP contribution is 2.54. The molecule has 2 aliphatic rings. The van der Waals surface area contributed by atoms with Crippen LogP contribution in [0.3, 0.4) is 0 Å². The van der Waals surface area contributed by atoms with Crippen molar-refractivity contribution in [1.29, 1.82) is 0 Å². The second-order valence-electron chi connectivity index (χ2n) is 17.3. The van der Waals surface area contributed by atoms with Crippen LogP contribution < -0.4 is 9.80 Å². The van der Waals surface area contributed by atoms with E-state index in [-0.39, 0.29) is 11.0 Å². The van der Waals surface area contributed by atoms with Crippen LogP contribution in [0.5, 0.6) is 0 Å². The van der Waals surface area contributed by atoms with Crippen LogP contribution in [0.15, 0.2) is 164 Å². The van der Waals surface area contributed by atoms with Gasteiger partial charge in [-0.15, -0.1) is 0 Å². The van der Waals surface area contributed by atoms with Gasteiger partial charge in [0.25, 0.3) is 0 Å². The monoisotopic (exact) mass is 724 g/mol. The van der Waals surface area contributed by atoms with Gasteiger partial charge in [-0.25, -0.2) is 0 Å². The maximum absolute atomic E-state index is 2.62. The highest BCUT2D eigenvalue weighted by atomic mass is 15.2. The van der Waals surface area contributed by atoms with E-state index in [1.807, 2.05) is 0 Å². The van der Waals surface area contributed by atoms with E-state index in [1.54, 1.807) is 0 Å². The van der Waals surface area contributed by atoms with Gasteiger partial charge in [0.15, 0.2) is 0 Å². The molecule has 0 bridgehead atoms. The normalized spacial score (nSPS) is 14.4. The van der Waals surface area contributed by atoms with Crippen molar-refractivity contribution in [3.8, 4) is 33.4 Å². The zero-order chi connectivity index (χ0) is 38.2. The minimum Gasteiger partial charge on any atom is -0.366 e. The Hall–Kier alpha value is -6.12. The van der Waals surface area contributed by atoms with Gasteiger partial charge in [0, 0.05) is 40.1 Å². The zero-order valence-corrected chi connectivity index (χ0v) is 33.1. The van der Waals surface area contributed by atoms with Crippen molar-refractivity contribution in [3.63, 3.8) is 0 Å². The van der Waals surface area contributed by atoms with Crippen LogP contribution in [0.4, 0.5) is 22.7 Å². The van der Waals surface area contributed by atoms with Crippen LogP contribution in [-0.4, -0.2) is 12.1 Å². The molecule has 2 heteroatoms. The predicted molar refractivity (Wildman–Crippen MR) is 240 cm³/mol. The number of anilines is 4. The maximum atomic E-state index is 2.62. The Labute approximate surface area is 331 Å². The molecule has 0 spiro atoms. The Morgan fingerprint density at radius 2 is 1.18 bits per heavy atom. The summed E-state index contributed by atoms with van der Waals surface area (Å²) in [4.78, 5) is 5.16. The Morgan fingerprint density at radius 3 is 1.98 bits per heavy atom. The molecular weight excluding hydrogens is 677 g/mol. The van der Waals surface area contributed by atoms with Gasteiger partial charge >= 0.3 is 0 Å². The molecule has 56 heavy (non-hydrogen) atoms. The summed E-state index contributed by atoms with van der Waals surface area (Å²) in [5.41, 5.74) is 16.7. The number of rotatable bonds is 5. The van der Waals surface area contributed by atoms with Gasteiger partial charge in [0.05, 0.1) is 5.69 Å². The second kappa shape index (κ2) is 13.0. The van der Waals surface area contributed by atoms with Crippen molar-refractivity contribution in [1.82, 2.24) is 0 Å². The molecule has 0 atom stereocenters. The van der Waals surface area contributed by atoms with Crippen LogP contribution in [0.2, 0.25) is 0 Å². The summed E-state index contributed by atoms with van der Waals surface area (Å²) in [6, 6.07) is 61.4. The molecule has 274 valence electrons. The van der Waals surface area contributed by atoms with Crippen molar-refractivity contribution < 1.29 is 0 Å². The van der Waals surface area contributed by atoms with Crippen LogP contribution in [0, 0.1) is 0 Å². The average Bonchev–Trinajstić information content (AvgIpc) is 3.45. The summed E-state index contributed by atoms with van der Waals surface area (Å²) in [6.45, 7) is 12.9. The first-order valence-corrected chi connectivity index (χ1v) is 20.2. The lowest BCUT2D eigenvalue weighted by atomic mass is 9.81. The van der Waals surface area contributed by atoms with Gasteiger partial charge in [-0.1, -0.05) is 135 Å². The van der Waals surface area contributed by atoms with E-state index in [4.69, 9.17) is 0 Å². The third kappa shape index (κ3) is 5.54. The van der Waals surface area contributed by atoms with Crippen molar-refractivity contribution in [2.75, 3.05) is 16.3 Å². The van der Waals surface area contributed by atoms with Gasteiger partial charge in [-0.2, -0.15) is 0 Å². The van der Waals surface area contributed by atoms with Crippen molar-refractivity contribution >= 4 is 44.3 Å². The van der Waals surface area contributed by atoms with E-state index in [0.717, 1.165) is 30.8 Å². The van der Waals surface area contributed by atoms with Crippen molar-refractivity contribution in [2.24, 2.45) is 0 Å². The number of nitrogens with zero attached hydrogens (tertiary/aromatic N) is 2. The maximum Gasteiger partial charge on any atom is 0.0543 e. The van der Waals surface area contributed by atoms with Crippen LogP contribution in [0.1, 0.15) is 57.7 Å². The van der Waals surface area contributed by atoms with E-state index in [1.165, 1.54) is 83.0 Å². The SMILES string of the molecule is CC1(C)c2ccccc2-c2cc(-c3cccc4c3CCCN4C(C)(C)C)c(N(c3ccc(-c4ccccc4)cc3)c3ccc4ccc5ccccc5c4c3)cc21. The Kier molecular flexibility index (Phi) is 7.97. The molecule has 8 aromatic rings. The molecule has 0 aromatic heterocycles. The molecule has 1 aliphatic heterocycles. The first-order chi connectivity index (χ1) is 27.2. The summed E-state index contributed by atoms with van der Waals surface area (Å²) in [5, 5.41) is 5.04. The van der Waals surface area contributed by atoms with E-state index >= 15 is 0 Å². The summed E-state index contributed by atoms with van der Waals surface area (Å²) < 4.78 is 0. The molecule has 0 saturated heterocycles. The fraction of sp³-hybridized carbons (Fsp3) is 0.185. The third-order valence-electron chi connectivity index (χ3n) is 12.5. The minimum atomic E-state index is -0.152. The smallest absolute Gasteiger partial charge is 0.0543 e. The summed E-state index contributed by atoms with van der Waals surface area (Å²) in [5.74, 6) is 0. The first-order valence-electron chi connectivity index (χ1n) is 20.2. The highest BCUT2D eigenvalue weighted by Gasteiger charge is 2.38. The lowest BCUT2D eigenvalue weighted by Crippen LogP contribution is -2.44. The van der Waals surface area contributed by atoms with Gasteiger partial charge in [0.1, 0.15) is 0 Å². The molecule has 0 N–H and O–H groups in total. The molecule has 2 nitrogen and oxygen atoms in total. The fourth-order valence-corrected chi connectivity index (χ4v) is 9.70. The highest BCUT2D eigenvalue weighted by molar-refractivity contribution is 6.09. The van der Waals surface area contributed by atoms with E-state index in [0.29, 0.717) is 0 Å². The third-order valence-corrected chi connectivity index (χ3v) is 12.5. The number of fused-ring (bicyclic) bond motifs is 7. The molecule has 0 saturated carbocycles. The molecule has 1 heterocycles. The topological polar surface area (TPSA) is 6.48 Å². The molecule has 10 rings (SSSR count). The molecule has 0 fully saturated rings. The van der Waals surface area contributed by atoms with E-state index in [2.05, 4.69) is 208 Å². The largest absolute Gasteiger partial charge is 0.366 e. The van der Waals surface area contributed by atoms with Gasteiger partial charge in [0.2, 0.25) is 0 Å². The first kappa shape index (κ1) is 34.4. The predicted octanol–water partition coefficient (Wildman–Crippen LogP) is 14.7. The van der Waals surface area contributed by atoms with Crippen LogP contribution in [0.25, 0.3) is 54.9 Å². The summed E-state index contributed by atoms with van der Waals surface area (Å²) in [6.07, 6.45) is 2.20. The van der Waals surface area contributed by atoms with Gasteiger partial charge < -0.3 is 9.80 Å². The zero-order valence-electron chi connectivity index (χ0n) is 33.1. The fourth-order valence-electron chi connectivity index (χ4n) is 9.70. The Morgan fingerprint density at radius 1 is 0.518 bits per heavy atom. The second-order valence-corrected chi connectivity index (χ2v) is 17.3. The quantitative estimate of drug-likeness (QED) is 0.163. The van der Waals surface area contributed by atoms with Gasteiger partial charge in [-0.3, -0.25) is 0 Å². The number of hydrogen-bond donors (Lipinski definition) is 0. The number of benzene rings is 8. The summed E-state index contributed by atoms with van der Waals surface area (Å²) >= 11 is 0. The van der Waals surface area contributed by atoms with Crippen molar-refractivity contribution in [2.45, 2.75) is 58.4 Å². The number of hydrogen-bond acceptors (Lipinski definition) is 2. The van der Waals surface area contributed by atoms with Crippen molar-refractivity contribution in [3.05, 3.63) is 180 Å². The minimum absolute atomic E-state index is 0.0257. The lowest BCUT2D eigenvalue weighted by Gasteiger charge is -2.42. The van der Waals surface area contributed by atoms with Crippen LogP contribution in [-0.2, 0) is 11.8 Å². The molecule has 0 radical (unpaired) electrons. The Balaban J connectivity index is 1.27. The molecule has 0 amide bonds. The molecule has 1 aliphatic carbocycles. The molecular formula is C54H48N2. The van der Waals surface area contributed by atoms with E-state index in [9.17, 15) is 0 Å². The van der Waals surface area contributed by atoms with E-state index < -0.39 is 0 Å². The lowest BCUT2D eigenvalue weighted by molar-refractivity contribution is 0.484. The standard InChI is InChI=1S/C54H48N2/c1-53(2,3)55-32-14-21-45-43(20-13-23-51(45)55)48-34-47-44-19-11-12-22-49(44)54(4,5)50(47)35-52(48)56(40-29-26-37(27-30-40)36-15-7-6-8-16-36)41-31-28-39-25-24-38-17-9-10-18-42(38)46(39)33-41/h6-13,15-20,22-31,33-35H,14,21,32H2,1-5H3.